The van der Waals surface area contributed by atoms with Gasteiger partial charge in [-0.1, -0.05) is 36.4 Å². The number of carbonyl (C=O) groups excluding carboxylic acids is 1. The maximum Gasteiger partial charge on any atom is 0.201 e. The van der Waals surface area contributed by atoms with Crippen LogP contribution in [0.5, 0.6) is 0 Å². The monoisotopic (exact) mass is 474 g/mol. The maximum absolute atomic E-state index is 13.6. The maximum atomic E-state index is 13.6. The highest BCUT2D eigenvalue weighted by atomic mass is 16.3. The van der Waals surface area contributed by atoms with Gasteiger partial charge in [-0.05, 0) is 73.5 Å². The van der Waals surface area contributed by atoms with Gasteiger partial charge in [0.25, 0.3) is 0 Å². The summed E-state index contributed by atoms with van der Waals surface area (Å²) >= 11 is 0. The Balaban J connectivity index is 1.47. The van der Waals surface area contributed by atoms with E-state index in [0.29, 0.717) is 11.1 Å². The lowest BCUT2D eigenvalue weighted by Gasteiger charge is -2.36. The fourth-order valence-corrected chi connectivity index (χ4v) is 5.90. The normalized spacial score (nSPS) is 20.3. The SMILES string of the molecule is CC1(C)N=c2ccc(=C3C(=O)C(c4ccc5c6c(cccc46)NC(C)(C)N5)=C3O)c3cccc(c23)N1. The Bertz CT molecular complexity index is 1830. The summed E-state index contributed by atoms with van der Waals surface area (Å²) in [6, 6.07) is 19.8. The fourth-order valence-electron chi connectivity index (χ4n) is 5.90. The molecule has 6 nitrogen and oxygen atoms in total. The summed E-state index contributed by atoms with van der Waals surface area (Å²) in [5, 5.41) is 27.2. The van der Waals surface area contributed by atoms with Crippen LogP contribution < -0.4 is 26.5 Å². The molecule has 4 aromatic rings. The van der Waals surface area contributed by atoms with Gasteiger partial charge in [0.15, 0.2) is 0 Å². The average molecular weight is 475 g/mol. The molecule has 0 aromatic heterocycles. The van der Waals surface area contributed by atoms with Gasteiger partial charge < -0.3 is 21.1 Å². The number of nitrogens with zero attached hydrogens (tertiary/aromatic N) is 1. The van der Waals surface area contributed by atoms with E-state index in [9.17, 15) is 9.90 Å². The molecule has 36 heavy (non-hydrogen) atoms. The lowest BCUT2D eigenvalue weighted by molar-refractivity contribution is -0.109. The quantitative estimate of drug-likeness (QED) is 0.310. The molecule has 4 N–H and O–H groups in total. The molecule has 3 aliphatic rings. The minimum atomic E-state index is -0.412. The number of allylic oxidation sites excluding steroid dienone is 2. The molecule has 0 saturated carbocycles. The topological polar surface area (TPSA) is 85.8 Å². The molecule has 0 bridgehead atoms. The molecule has 2 heterocycles. The lowest BCUT2D eigenvalue weighted by atomic mass is 9.79. The number of ketones is 1. The van der Waals surface area contributed by atoms with Crippen LogP contribution in [-0.2, 0) is 4.79 Å². The van der Waals surface area contributed by atoms with E-state index >= 15 is 0 Å². The summed E-state index contributed by atoms with van der Waals surface area (Å²) in [5.41, 5.74) is 3.75. The summed E-state index contributed by atoms with van der Waals surface area (Å²) in [6.07, 6.45) is 0. The second-order valence-electron chi connectivity index (χ2n) is 10.8. The number of nitrogens with one attached hydrogen (secondary N) is 3. The third kappa shape index (κ3) is 2.78. The smallest absolute Gasteiger partial charge is 0.201 e. The Labute approximate surface area is 208 Å². The second kappa shape index (κ2) is 6.66. The average Bonchev–Trinajstić information content (AvgIpc) is 2.81. The number of anilines is 3. The minimum absolute atomic E-state index is 0.0412. The van der Waals surface area contributed by atoms with Crippen molar-refractivity contribution >= 4 is 55.5 Å². The van der Waals surface area contributed by atoms with E-state index < -0.39 is 5.66 Å². The molecular formula is C30H26N4O2. The number of benzene rings is 4. The molecule has 0 amide bonds. The summed E-state index contributed by atoms with van der Waals surface area (Å²) in [4.78, 5) is 18.5. The van der Waals surface area contributed by atoms with Gasteiger partial charge in [-0.25, -0.2) is 0 Å². The molecule has 0 spiro atoms. The molecule has 0 atom stereocenters. The number of aliphatic hydroxyl groups is 1. The predicted octanol–water partition coefficient (Wildman–Crippen LogP) is 5.05. The number of carbonyl (C=O) groups is 1. The van der Waals surface area contributed by atoms with Crippen LogP contribution >= 0.6 is 0 Å². The molecule has 4 aromatic carbocycles. The van der Waals surface area contributed by atoms with Crippen LogP contribution in [0, 0.1) is 0 Å². The number of hydrogen-bond donors (Lipinski definition) is 4. The van der Waals surface area contributed by atoms with E-state index in [-0.39, 0.29) is 17.2 Å². The fraction of sp³-hybridized carbons (Fsp3) is 0.200. The van der Waals surface area contributed by atoms with Crippen molar-refractivity contribution in [2.75, 3.05) is 16.0 Å². The van der Waals surface area contributed by atoms with Crippen molar-refractivity contribution in [1.29, 1.82) is 0 Å². The van der Waals surface area contributed by atoms with Crippen LogP contribution in [0.15, 0.2) is 71.4 Å². The van der Waals surface area contributed by atoms with Gasteiger partial charge >= 0.3 is 0 Å². The van der Waals surface area contributed by atoms with Crippen LogP contribution in [0.1, 0.15) is 33.3 Å². The minimum Gasteiger partial charge on any atom is -0.506 e. The second-order valence-corrected chi connectivity index (χ2v) is 10.8. The van der Waals surface area contributed by atoms with Crippen LogP contribution in [0.4, 0.5) is 17.1 Å². The van der Waals surface area contributed by atoms with E-state index in [2.05, 4.69) is 29.8 Å². The number of Topliss-reactive ketones (excluding diaryl/α,β-unsaturated/α-hetero) is 1. The molecule has 1 aliphatic carbocycles. The van der Waals surface area contributed by atoms with Gasteiger partial charge in [0, 0.05) is 27.8 Å². The summed E-state index contributed by atoms with van der Waals surface area (Å²) in [5.74, 6) is -0.105. The molecule has 0 fully saturated rings. The van der Waals surface area contributed by atoms with E-state index in [1.54, 1.807) is 0 Å². The van der Waals surface area contributed by atoms with Crippen molar-refractivity contribution in [2.45, 2.75) is 39.0 Å². The molecule has 178 valence electrons. The van der Waals surface area contributed by atoms with Crippen LogP contribution in [-0.4, -0.2) is 22.2 Å². The molecule has 2 aliphatic heterocycles. The van der Waals surface area contributed by atoms with Crippen molar-refractivity contribution in [2.24, 2.45) is 4.99 Å². The first-order chi connectivity index (χ1) is 17.1. The Morgan fingerprint density at radius 1 is 0.722 bits per heavy atom. The van der Waals surface area contributed by atoms with Gasteiger partial charge in [0.1, 0.15) is 17.1 Å². The molecule has 0 saturated heterocycles. The Morgan fingerprint density at radius 3 is 2.11 bits per heavy atom. The number of hydrogen-bond acceptors (Lipinski definition) is 6. The Kier molecular flexibility index (Phi) is 3.89. The van der Waals surface area contributed by atoms with Gasteiger partial charge in [0.05, 0.1) is 16.5 Å². The van der Waals surface area contributed by atoms with Crippen LogP contribution in [0.3, 0.4) is 0 Å². The zero-order chi connectivity index (χ0) is 25.0. The largest absolute Gasteiger partial charge is 0.506 e. The molecule has 0 unspecified atom stereocenters. The van der Waals surface area contributed by atoms with Gasteiger partial charge in [-0.15, -0.1) is 0 Å². The molecular weight excluding hydrogens is 448 g/mol. The van der Waals surface area contributed by atoms with Gasteiger partial charge in [-0.2, -0.15) is 0 Å². The highest BCUT2D eigenvalue weighted by Gasteiger charge is 2.37. The number of aliphatic hydroxyl groups excluding tert-OH is 1. The standard InChI is InChI=1S/C30H26N4O2/c1-29(2)31-19-9-5-7-15-17(11-13-21(33-29)23(15)19)25-27(35)26(28(25)36)18-12-14-22-24-16(18)8-6-10-20(24)32-30(3,4)34-22/h5-14,31-33,35H,1-4H3. The first-order valence-electron chi connectivity index (χ1n) is 12.2. The van der Waals surface area contributed by atoms with Gasteiger partial charge in [-0.3, -0.25) is 9.79 Å². The van der Waals surface area contributed by atoms with E-state index in [0.717, 1.165) is 54.7 Å². The Morgan fingerprint density at radius 2 is 1.39 bits per heavy atom. The van der Waals surface area contributed by atoms with Crippen LogP contribution in [0.25, 0.3) is 32.7 Å². The molecule has 0 radical (unpaired) electrons. The first kappa shape index (κ1) is 21.0. The predicted molar refractivity (Wildman–Crippen MR) is 146 cm³/mol. The summed E-state index contributed by atoms with van der Waals surface area (Å²) in [7, 11) is 0. The summed E-state index contributed by atoms with van der Waals surface area (Å²) in [6.45, 7) is 8.22. The third-order valence-corrected chi connectivity index (χ3v) is 7.26. The Hall–Kier alpha value is -4.32. The van der Waals surface area contributed by atoms with E-state index in [1.807, 2.05) is 74.5 Å². The van der Waals surface area contributed by atoms with Crippen molar-refractivity contribution in [3.05, 3.63) is 82.6 Å². The van der Waals surface area contributed by atoms with E-state index in [1.165, 1.54) is 0 Å². The third-order valence-electron chi connectivity index (χ3n) is 7.26. The van der Waals surface area contributed by atoms with Crippen LogP contribution in [0.2, 0.25) is 0 Å². The van der Waals surface area contributed by atoms with Crippen molar-refractivity contribution in [1.82, 2.24) is 0 Å². The summed E-state index contributed by atoms with van der Waals surface area (Å²) < 4.78 is 0. The molecule has 6 heteroatoms. The number of rotatable bonds is 1. The molecule has 7 rings (SSSR count). The van der Waals surface area contributed by atoms with Gasteiger partial charge in [0.2, 0.25) is 5.78 Å². The van der Waals surface area contributed by atoms with Crippen molar-refractivity contribution in [3.63, 3.8) is 0 Å². The first-order valence-corrected chi connectivity index (χ1v) is 12.2. The zero-order valence-corrected chi connectivity index (χ0v) is 20.6. The van der Waals surface area contributed by atoms with Crippen molar-refractivity contribution in [3.8, 4) is 0 Å². The highest BCUT2D eigenvalue weighted by Crippen LogP contribution is 2.45. The highest BCUT2D eigenvalue weighted by molar-refractivity contribution is 6.53. The van der Waals surface area contributed by atoms with E-state index in [4.69, 9.17) is 4.99 Å². The lowest BCUT2D eigenvalue weighted by Crippen LogP contribution is -2.42. The zero-order valence-electron chi connectivity index (χ0n) is 20.6. The van der Waals surface area contributed by atoms with Crippen molar-refractivity contribution < 1.29 is 9.90 Å².